The number of carbonyl (C=O) groups excluding carboxylic acids is 1. The summed E-state index contributed by atoms with van der Waals surface area (Å²) in [5.41, 5.74) is 2.72. The third kappa shape index (κ3) is 5.31. The van der Waals surface area contributed by atoms with Crippen LogP contribution in [0.15, 0.2) is 64.1 Å². The smallest absolute Gasteiger partial charge is 0.373 e. The standard InChI is InChI=1S/C27H27NO5S/c1-4-30-24(27(29)31-5-2)17-20-11-12-23(25-21(20)14-16-34-25)32-15-13-22-18(3)33-26(28-22)19-9-7-6-8-10-19/h6-12,14,16-17H,4-5,13,15H2,1-3H3. The molecule has 0 atom stereocenters. The first-order valence-electron chi connectivity index (χ1n) is 11.3. The molecule has 2 aromatic carbocycles. The van der Waals surface area contributed by atoms with Gasteiger partial charge in [-0.25, -0.2) is 9.78 Å². The number of rotatable bonds is 10. The van der Waals surface area contributed by atoms with Gasteiger partial charge >= 0.3 is 5.97 Å². The van der Waals surface area contributed by atoms with Gasteiger partial charge in [-0.15, -0.1) is 11.3 Å². The number of thiophene rings is 1. The number of carbonyl (C=O) groups is 1. The van der Waals surface area contributed by atoms with Gasteiger partial charge in [-0.2, -0.15) is 0 Å². The van der Waals surface area contributed by atoms with E-state index in [-0.39, 0.29) is 5.76 Å². The Bertz CT molecular complexity index is 1290. The van der Waals surface area contributed by atoms with Gasteiger partial charge in [-0.3, -0.25) is 0 Å². The number of aryl methyl sites for hydroxylation is 1. The second kappa shape index (κ2) is 11.0. The van der Waals surface area contributed by atoms with E-state index in [2.05, 4.69) is 4.98 Å². The first kappa shape index (κ1) is 23.6. The molecular formula is C27H27NO5S. The molecule has 2 heterocycles. The largest absolute Gasteiger partial charge is 0.492 e. The summed E-state index contributed by atoms with van der Waals surface area (Å²) in [4.78, 5) is 16.9. The third-order valence-electron chi connectivity index (χ3n) is 5.19. The minimum atomic E-state index is -0.467. The van der Waals surface area contributed by atoms with E-state index in [9.17, 15) is 4.79 Å². The van der Waals surface area contributed by atoms with Crippen LogP contribution in [0.25, 0.3) is 27.6 Å². The van der Waals surface area contributed by atoms with E-state index in [4.69, 9.17) is 18.6 Å². The number of ether oxygens (including phenoxy) is 3. The van der Waals surface area contributed by atoms with Crippen molar-refractivity contribution in [1.29, 1.82) is 0 Å². The van der Waals surface area contributed by atoms with Gasteiger partial charge in [-0.05, 0) is 62.1 Å². The summed E-state index contributed by atoms with van der Waals surface area (Å²) in [6.07, 6.45) is 2.36. The Kier molecular flexibility index (Phi) is 7.65. The van der Waals surface area contributed by atoms with Crippen molar-refractivity contribution >= 4 is 33.5 Å². The van der Waals surface area contributed by atoms with Crippen LogP contribution in [0.4, 0.5) is 0 Å². The predicted molar refractivity (Wildman–Crippen MR) is 134 cm³/mol. The van der Waals surface area contributed by atoms with E-state index in [1.165, 1.54) is 0 Å². The van der Waals surface area contributed by atoms with Crippen LogP contribution in [0.5, 0.6) is 5.75 Å². The molecule has 0 aliphatic rings. The third-order valence-corrected chi connectivity index (χ3v) is 6.12. The zero-order chi connectivity index (χ0) is 23.9. The van der Waals surface area contributed by atoms with Crippen molar-refractivity contribution in [3.05, 3.63) is 76.7 Å². The molecule has 0 N–H and O–H groups in total. The number of hydrogen-bond acceptors (Lipinski definition) is 7. The number of benzene rings is 2. The van der Waals surface area contributed by atoms with E-state index in [0.29, 0.717) is 32.1 Å². The molecule has 4 aromatic rings. The molecule has 0 aliphatic heterocycles. The minimum Gasteiger partial charge on any atom is -0.492 e. The molecule has 6 nitrogen and oxygen atoms in total. The van der Waals surface area contributed by atoms with Crippen molar-refractivity contribution < 1.29 is 23.4 Å². The normalized spacial score (nSPS) is 11.6. The van der Waals surface area contributed by atoms with E-state index in [1.807, 2.05) is 67.8 Å². The summed E-state index contributed by atoms with van der Waals surface area (Å²) in [5, 5.41) is 3.00. The van der Waals surface area contributed by atoms with E-state index < -0.39 is 5.97 Å². The second-order valence-corrected chi connectivity index (χ2v) is 8.38. The fraction of sp³-hybridized carbons (Fsp3) is 0.259. The average molecular weight is 478 g/mol. The highest BCUT2D eigenvalue weighted by Crippen LogP contribution is 2.34. The maximum atomic E-state index is 12.2. The Morgan fingerprint density at radius 2 is 1.85 bits per heavy atom. The number of oxazole rings is 1. The fourth-order valence-corrected chi connectivity index (χ4v) is 4.47. The van der Waals surface area contributed by atoms with Gasteiger partial charge in [0.25, 0.3) is 0 Å². The molecule has 0 radical (unpaired) electrons. The van der Waals surface area contributed by atoms with Crippen molar-refractivity contribution in [3.63, 3.8) is 0 Å². The Labute approximate surface area is 202 Å². The van der Waals surface area contributed by atoms with Crippen molar-refractivity contribution in [2.24, 2.45) is 0 Å². The monoisotopic (exact) mass is 477 g/mol. The lowest BCUT2D eigenvalue weighted by molar-refractivity contribution is -0.142. The van der Waals surface area contributed by atoms with E-state index in [0.717, 1.165) is 38.4 Å². The molecule has 0 unspecified atom stereocenters. The molecule has 0 saturated heterocycles. The van der Waals surface area contributed by atoms with Gasteiger partial charge in [0.05, 0.1) is 30.2 Å². The highest BCUT2D eigenvalue weighted by atomic mass is 32.1. The number of esters is 1. The van der Waals surface area contributed by atoms with Crippen molar-refractivity contribution in [1.82, 2.24) is 4.98 Å². The van der Waals surface area contributed by atoms with Crippen LogP contribution >= 0.6 is 11.3 Å². The lowest BCUT2D eigenvalue weighted by Crippen LogP contribution is -2.10. The zero-order valence-electron chi connectivity index (χ0n) is 19.5. The molecule has 0 bridgehead atoms. The van der Waals surface area contributed by atoms with Crippen molar-refractivity contribution in [2.45, 2.75) is 27.2 Å². The van der Waals surface area contributed by atoms with Crippen LogP contribution in [-0.4, -0.2) is 30.8 Å². The van der Waals surface area contributed by atoms with Crippen LogP contribution in [0, 0.1) is 6.92 Å². The van der Waals surface area contributed by atoms with Gasteiger partial charge in [0.15, 0.2) is 0 Å². The van der Waals surface area contributed by atoms with Gasteiger partial charge in [0.1, 0.15) is 11.5 Å². The summed E-state index contributed by atoms with van der Waals surface area (Å²) >= 11 is 1.59. The Morgan fingerprint density at radius 3 is 2.62 bits per heavy atom. The molecule has 0 aliphatic carbocycles. The number of fused-ring (bicyclic) bond motifs is 1. The maximum Gasteiger partial charge on any atom is 0.373 e. The lowest BCUT2D eigenvalue weighted by Gasteiger charge is -2.10. The summed E-state index contributed by atoms with van der Waals surface area (Å²) in [6, 6.07) is 15.7. The summed E-state index contributed by atoms with van der Waals surface area (Å²) in [7, 11) is 0. The molecule has 0 saturated carbocycles. The van der Waals surface area contributed by atoms with Gasteiger partial charge in [0.2, 0.25) is 11.6 Å². The molecule has 34 heavy (non-hydrogen) atoms. The van der Waals surface area contributed by atoms with Crippen molar-refractivity contribution in [2.75, 3.05) is 19.8 Å². The number of nitrogens with zero attached hydrogens (tertiary/aromatic N) is 1. The average Bonchev–Trinajstić information content (AvgIpc) is 3.48. The Hall–Kier alpha value is -3.58. The zero-order valence-corrected chi connectivity index (χ0v) is 20.3. The van der Waals surface area contributed by atoms with Gasteiger partial charge in [-0.1, -0.05) is 24.3 Å². The number of hydrogen-bond donors (Lipinski definition) is 0. The second-order valence-electron chi connectivity index (χ2n) is 7.46. The predicted octanol–water partition coefficient (Wildman–Crippen LogP) is 6.43. The highest BCUT2D eigenvalue weighted by Gasteiger charge is 2.15. The molecule has 0 amide bonds. The first-order chi connectivity index (χ1) is 16.6. The van der Waals surface area contributed by atoms with Crippen LogP contribution in [-0.2, 0) is 20.7 Å². The molecule has 0 spiro atoms. The highest BCUT2D eigenvalue weighted by molar-refractivity contribution is 7.17. The molecular weight excluding hydrogens is 450 g/mol. The molecule has 176 valence electrons. The SMILES string of the molecule is CCOC(=O)C(=Cc1ccc(OCCc2nc(-c3ccccc3)oc2C)c2sccc12)OCC. The Balaban J connectivity index is 1.49. The van der Waals surface area contributed by atoms with Gasteiger partial charge < -0.3 is 18.6 Å². The summed E-state index contributed by atoms with van der Waals surface area (Å²) in [6.45, 7) is 6.68. The molecule has 2 aromatic heterocycles. The summed E-state index contributed by atoms with van der Waals surface area (Å²) in [5.74, 6) is 1.94. The Morgan fingerprint density at radius 1 is 1.06 bits per heavy atom. The molecule has 7 heteroatoms. The first-order valence-corrected chi connectivity index (χ1v) is 12.1. The van der Waals surface area contributed by atoms with E-state index >= 15 is 0 Å². The lowest BCUT2D eigenvalue weighted by atomic mass is 10.1. The van der Waals surface area contributed by atoms with Crippen molar-refractivity contribution in [3.8, 4) is 17.2 Å². The summed E-state index contributed by atoms with van der Waals surface area (Å²) < 4.78 is 23.6. The molecule has 4 rings (SSSR count). The van der Waals surface area contributed by atoms with Crippen LogP contribution in [0.3, 0.4) is 0 Å². The quantitative estimate of drug-likeness (QED) is 0.149. The fourth-order valence-electron chi connectivity index (χ4n) is 3.58. The number of aromatic nitrogens is 1. The van der Waals surface area contributed by atoms with Crippen LogP contribution < -0.4 is 4.74 Å². The minimum absolute atomic E-state index is 0.196. The van der Waals surface area contributed by atoms with Crippen LogP contribution in [0.2, 0.25) is 0 Å². The van der Waals surface area contributed by atoms with Gasteiger partial charge in [0, 0.05) is 17.4 Å². The topological polar surface area (TPSA) is 70.8 Å². The molecule has 0 fully saturated rings. The maximum absolute atomic E-state index is 12.2. The van der Waals surface area contributed by atoms with E-state index in [1.54, 1.807) is 24.3 Å². The van der Waals surface area contributed by atoms with Crippen LogP contribution in [0.1, 0.15) is 30.9 Å².